The summed E-state index contributed by atoms with van der Waals surface area (Å²) in [5.74, 6) is 2.94. The minimum absolute atomic E-state index is 0.188. The largest absolute Gasteiger partial charge is 0.492 e. The fourth-order valence-electron chi connectivity index (χ4n) is 5.90. The van der Waals surface area contributed by atoms with Crippen LogP contribution in [0.3, 0.4) is 0 Å². The van der Waals surface area contributed by atoms with Crippen LogP contribution in [-0.2, 0) is 0 Å². The van der Waals surface area contributed by atoms with Gasteiger partial charge < -0.3 is 19.5 Å². The van der Waals surface area contributed by atoms with E-state index in [1.807, 2.05) is 6.07 Å². The number of benzene rings is 2. The summed E-state index contributed by atoms with van der Waals surface area (Å²) in [5.41, 5.74) is 1.12. The first kappa shape index (κ1) is 23.3. The summed E-state index contributed by atoms with van der Waals surface area (Å²) < 4.78 is 17.8. The first-order valence-corrected chi connectivity index (χ1v) is 14.0. The van der Waals surface area contributed by atoms with Gasteiger partial charge in [-0.3, -0.25) is 4.90 Å². The third-order valence-corrected chi connectivity index (χ3v) is 9.00. The molecular formula is C27H32ClN3O3S. The Morgan fingerprint density at radius 2 is 1.94 bits per heavy atom. The number of aromatic nitrogens is 1. The number of ether oxygens (including phenoxy) is 2. The molecule has 3 unspecified atom stereocenters. The smallest absolute Gasteiger partial charge is 0.200 e. The molecule has 1 aliphatic carbocycles. The van der Waals surface area contributed by atoms with Gasteiger partial charge >= 0.3 is 0 Å². The number of fused-ring (bicyclic) bond motifs is 4. The Hall–Kier alpha value is -2.06. The van der Waals surface area contributed by atoms with Crippen LogP contribution in [0.1, 0.15) is 43.6 Å². The average molecular weight is 514 g/mol. The maximum absolute atomic E-state index is 10.4. The van der Waals surface area contributed by atoms with Crippen molar-refractivity contribution in [2.75, 3.05) is 44.2 Å². The van der Waals surface area contributed by atoms with E-state index in [4.69, 9.17) is 25.4 Å². The molecule has 0 amide bonds. The number of unbranched alkanes of at least 4 members (excludes halogenated alkanes) is 1. The monoisotopic (exact) mass is 513 g/mol. The molecule has 186 valence electrons. The summed E-state index contributed by atoms with van der Waals surface area (Å²) in [6, 6.07) is 12.5. The molecule has 1 saturated heterocycles. The lowest BCUT2D eigenvalue weighted by Gasteiger charge is -2.35. The van der Waals surface area contributed by atoms with Crippen LogP contribution in [0.5, 0.6) is 11.5 Å². The number of hydrogen-bond donors (Lipinski definition) is 1. The van der Waals surface area contributed by atoms with Gasteiger partial charge in [-0.15, -0.1) is 0 Å². The van der Waals surface area contributed by atoms with Crippen LogP contribution in [0.2, 0.25) is 5.02 Å². The van der Waals surface area contributed by atoms with Crippen LogP contribution < -0.4 is 14.4 Å². The van der Waals surface area contributed by atoms with Crippen LogP contribution in [0.15, 0.2) is 36.4 Å². The Labute approximate surface area is 215 Å². The highest BCUT2D eigenvalue weighted by Crippen LogP contribution is 2.52. The van der Waals surface area contributed by atoms with Gasteiger partial charge in [0.05, 0.1) is 11.3 Å². The first-order chi connectivity index (χ1) is 17.2. The normalized spacial score (nSPS) is 24.3. The maximum Gasteiger partial charge on any atom is 0.200 e. The van der Waals surface area contributed by atoms with Gasteiger partial charge in [-0.05, 0) is 73.4 Å². The predicted octanol–water partition coefficient (Wildman–Crippen LogP) is 5.53. The predicted molar refractivity (Wildman–Crippen MR) is 141 cm³/mol. The van der Waals surface area contributed by atoms with Crippen molar-refractivity contribution in [1.82, 2.24) is 9.27 Å². The second-order valence-corrected chi connectivity index (χ2v) is 11.1. The molecule has 0 radical (unpaired) electrons. The van der Waals surface area contributed by atoms with Gasteiger partial charge in [0.15, 0.2) is 0 Å². The zero-order chi connectivity index (χ0) is 23.8. The van der Waals surface area contributed by atoms with E-state index in [2.05, 4.69) is 40.1 Å². The molecule has 1 N–H and O–H groups in total. The van der Waals surface area contributed by atoms with Crippen molar-refractivity contribution in [3.63, 3.8) is 0 Å². The molecule has 2 aliphatic heterocycles. The number of halogens is 1. The van der Waals surface area contributed by atoms with Crippen LogP contribution in [0, 0.1) is 5.92 Å². The molecule has 35 heavy (non-hydrogen) atoms. The summed E-state index contributed by atoms with van der Waals surface area (Å²) in [5, 5.41) is 12.2. The molecule has 6 rings (SSSR count). The molecule has 1 saturated carbocycles. The van der Waals surface area contributed by atoms with Crippen molar-refractivity contribution in [2.24, 2.45) is 5.92 Å². The van der Waals surface area contributed by atoms with Crippen molar-refractivity contribution < 1.29 is 14.6 Å². The molecule has 3 atom stereocenters. The highest BCUT2D eigenvalue weighted by Gasteiger charge is 2.41. The molecule has 0 bridgehead atoms. The SMILES string of the molecule is OC1Oc2c(ccc(OCCCCN3CCN(c4nsc5ccccc45)CC3)c2Cl)C2CCCC12. The van der Waals surface area contributed by atoms with E-state index in [-0.39, 0.29) is 5.92 Å². The first-order valence-electron chi connectivity index (χ1n) is 12.8. The van der Waals surface area contributed by atoms with Crippen LogP contribution in [-0.4, -0.2) is 60.0 Å². The molecule has 3 aliphatic rings. The number of hydrogen-bond acceptors (Lipinski definition) is 7. The minimum atomic E-state index is -0.766. The van der Waals surface area contributed by atoms with E-state index in [1.165, 1.54) is 10.1 Å². The lowest BCUT2D eigenvalue weighted by molar-refractivity contribution is -0.0767. The van der Waals surface area contributed by atoms with Gasteiger partial charge in [0, 0.05) is 37.5 Å². The van der Waals surface area contributed by atoms with E-state index in [0.717, 1.165) is 76.2 Å². The standard InChI is InChI=1S/C27H32ClN3O3S/c28-24-22(11-10-19-18-7-5-8-20(18)27(32)34-25(19)24)33-17-4-3-12-30-13-15-31(16-14-30)26-21-6-1-2-9-23(21)35-29-26/h1-2,6,9-11,18,20,27,32H,3-5,7-8,12-17H2. The highest BCUT2D eigenvalue weighted by atomic mass is 35.5. The Balaban J connectivity index is 0.959. The minimum Gasteiger partial charge on any atom is -0.492 e. The molecule has 6 nitrogen and oxygen atoms in total. The summed E-state index contributed by atoms with van der Waals surface area (Å²) in [6.07, 6.45) is 4.51. The van der Waals surface area contributed by atoms with E-state index in [0.29, 0.717) is 29.0 Å². The van der Waals surface area contributed by atoms with Gasteiger partial charge in [-0.2, -0.15) is 4.37 Å². The zero-order valence-electron chi connectivity index (χ0n) is 19.9. The lowest BCUT2D eigenvalue weighted by Crippen LogP contribution is -2.46. The Bertz CT molecular complexity index is 1180. The molecular weight excluding hydrogens is 482 g/mol. The number of aliphatic hydroxyl groups is 1. The van der Waals surface area contributed by atoms with Crippen molar-refractivity contribution in [1.29, 1.82) is 0 Å². The fraction of sp³-hybridized carbons (Fsp3) is 0.519. The van der Waals surface area contributed by atoms with Crippen LogP contribution in [0.25, 0.3) is 10.1 Å². The second kappa shape index (κ2) is 10.1. The third kappa shape index (κ3) is 4.59. The molecule has 1 aromatic heterocycles. The number of anilines is 1. The molecule has 3 heterocycles. The third-order valence-electron chi connectivity index (χ3n) is 7.82. The van der Waals surface area contributed by atoms with Crippen molar-refractivity contribution in [3.8, 4) is 11.5 Å². The Morgan fingerprint density at radius 3 is 2.83 bits per heavy atom. The number of nitrogens with zero attached hydrogens (tertiary/aromatic N) is 3. The Kier molecular flexibility index (Phi) is 6.76. The number of rotatable bonds is 7. The summed E-state index contributed by atoms with van der Waals surface area (Å²) in [6.45, 7) is 5.85. The number of piperazine rings is 1. The van der Waals surface area contributed by atoms with Crippen LogP contribution in [0.4, 0.5) is 5.82 Å². The van der Waals surface area contributed by atoms with Crippen molar-refractivity contribution in [2.45, 2.75) is 44.3 Å². The number of aliphatic hydroxyl groups excluding tert-OH is 1. The van der Waals surface area contributed by atoms with Gasteiger partial charge in [0.2, 0.25) is 6.29 Å². The molecule has 2 aromatic carbocycles. The summed E-state index contributed by atoms with van der Waals surface area (Å²) >= 11 is 8.22. The van der Waals surface area contributed by atoms with Gasteiger partial charge in [0.1, 0.15) is 22.3 Å². The molecule has 8 heteroatoms. The van der Waals surface area contributed by atoms with E-state index < -0.39 is 6.29 Å². The average Bonchev–Trinajstić information content (AvgIpc) is 3.54. The van der Waals surface area contributed by atoms with E-state index >= 15 is 0 Å². The Morgan fingerprint density at radius 1 is 1.09 bits per heavy atom. The van der Waals surface area contributed by atoms with Gasteiger partial charge in [0.25, 0.3) is 0 Å². The van der Waals surface area contributed by atoms with Crippen molar-refractivity contribution in [3.05, 3.63) is 47.0 Å². The molecule has 2 fully saturated rings. The zero-order valence-corrected chi connectivity index (χ0v) is 21.4. The summed E-state index contributed by atoms with van der Waals surface area (Å²) in [7, 11) is 0. The summed E-state index contributed by atoms with van der Waals surface area (Å²) in [4.78, 5) is 4.95. The lowest BCUT2D eigenvalue weighted by atomic mass is 9.85. The fourth-order valence-corrected chi connectivity index (χ4v) is 6.97. The van der Waals surface area contributed by atoms with Crippen molar-refractivity contribution >= 4 is 39.0 Å². The molecule has 3 aromatic rings. The van der Waals surface area contributed by atoms with E-state index in [9.17, 15) is 5.11 Å². The second-order valence-electron chi connectivity index (χ2n) is 9.89. The topological polar surface area (TPSA) is 58.1 Å². The van der Waals surface area contributed by atoms with Gasteiger partial charge in [-0.1, -0.05) is 36.2 Å². The molecule has 0 spiro atoms. The van der Waals surface area contributed by atoms with Crippen LogP contribution >= 0.6 is 23.1 Å². The van der Waals surface area contributed by atoms with Gasteiger partial charge in [-0.25, -0.2) is 0 Å². The maximum atomic E-state index is 10.4. The quantitative estimate of drug-likeness (QED) is 0.419. The highest BCUT2D eigenvalue weighted by molar-refractivity contribution is 7.13. The van der Waals surface area contributed by atoms with E-state index in [1.54, 1.807) is 11.5 Å².